The third kappa shape index (κ3) is 2.45. The van der Waals surface area contributed by atoms with Gasteiger partial charge in [-0.1, -0.05) is 35.4 Å². The van der Waals surface area contributed by atoms with E-state index in [1.54, 1.807) is 5.57 Å². The smallest absolute Gasteiger partial charge is 0.120 e. The van der Waals surface area contributed by atoms with Crippen LogP contribution in [0, 0.1) is 23.2 Å². The topological polar surface area (TPSA) is 17.1 Å². The van der Waals surface area contributed by atoms with Gasteiger partial charge in [-0.05, 0) is 66.7 Å². The summed E-state index contributed by atoms with van der Waals surface area (Å²) in [5.74, 6) is 2.29. The van der Waals surface area contributed by atoms with Crippen molar-refractivity contribution in [3.63, 3.8) is 0 Å². The van der Waals surface area contributed by atoms with Crippen LogP contribution in [0.1, 0.15) is 58.8 Å². The molecule has 0 heterocycles. The molecular weight excluding hydrogens is 288 g/mol. The molecule has 18 heavy (non-hydrogen) atoms. The first-order valence-corrected chi connectivity index (χ1v) is 8.28. The molecule has 0 aromatic rings. The van der Waals surface area contributed by atoms with Gasteiger partial charge in [-0.25, -0.2) is 0 Å². The van der Waals surface area contributed by atoms with Crippen LogP contribution in [0.3, 0.4) is 0 Å². The molecule has 2 heteroatoms. The van der Waals surface area contributed by atoms with Gasteiger partial charge in [0.15, 0.2) is 0 Å². The molecular formula is C16H25BrO. The first-order chi connectivity index (χ1) is 8.63. The van der Waals surface area contributed by atoms with Gasteiger partial charge in [0.05, 0.1) is 0 Å². The Bertz CT molecular complexity index is 336. The molecule has 0 N–H and O–H groups in total. The minimum Gasteiger partial charge on any atom is -0.303 e. The zero-order valence-corrected chi connectivity index (χ0v) is 13.2. The SMILES string of the molecule is C[C@H](CCC=O)C1CCC2/C(=C/Br)CCCC21C. The number of rotatable bonds is 4. The molecule has 3 unspecified atom stereocenters. The summed E-state index contributed by atoms with van der Waals surface area (Å²) in [6.45, 7) is 4.86. The summed E-state index contributed by atoms with van der Waals surface area (Å²) in [6.07, 6.45) is 9.58. The predicted octanol–water partition coefficient (Wildman–Crippen LogP) is 5.10. The summed E-state index contributed by atoms with van der Waals surface area (Å²) in [7, 11) is 0. The Hall–Kier alpha value is -0.110. The van der Waals surface area contributed by atoms with E-state index in [9.17, 15) is 4.79 Å². The summed E-state index contributed by atoms with van der Waals surface area (Å²) in [6, 6.07) is 0. The largest absolute Gasteiger partial charge is 0.303 e. The lowest BCUT2D eigenvalue weighted by Crippen LogP contribution is -2.35. The highest BCUT2D eigenvalue weighted by Crippen LogP contribution is 2.59. The van der Waals surface area contributed by atoms with Crippen LogP contribution in [0.25, 0.3) is 0 Å². The summed E-state index contributed by atoms with van der Waals surface area (Å²) >= 11 is 3.56. The lowest BCUT2D eigenvalue weighted by molar-refractivity contribution is -0.108. The molecule has 0 aromatic heterocycles. The fraction of sp³-hybridized carbons (Fsp3) is 0.812. The Morgan fingerprint density at radius 3 is 2.94 bits per heavy atom. The van der Waals surface area contributed by atoms with Crippen molar-refractivity contribution < 1.29 is 4.79 Å². The molecule has 0 saturated heterocycles. The molecule has 4 atom stereocenters. The van der Waals surface area contributed by atoms with Crippen LogP contribution >= 0.6 is 15.9 Å². The molecule has 0 radical (unpaired) electrons. The van der Waals surface area contributed by atoms with E-state index < -0.39 is 0 Å². The van der Waals surface area contributed by atoms with E-state index in [1.807, 2.05) is 0 Å². The number of fused-ring (bicyclic) bond motifs is 1. The van der Waals surface area contributed by atoms with Crippen LogP contribution in [0.2, 0.25) is 0 Å². The zero-order valence-electron chi connectivity index (χ0n) is 11.6. The van der Waals surface area contributed by atoms with E-state index in [4.69, 9.17) is 0 Å². The summed E-state index contributed by atoms with van der Waals surface area (Å²) in [4.78, 5) is 12.8. The minimum atomic E-state index is 0.486. The number of hydrogen-bond donors (Lipinski definition) is 0. The van der Waals surface area contributed by atoms with E-state index in [0.29, 0.717) is 11.3 Å². The van der Waals surface area contributed by atoms with Gasteiger partial charge in [-0.2, -0.15) is 0 Å². The highest BCUT2D eigenvalue weighted by molar-refractivity contribution is 9.11. The number of halogens is 1. The maximum Gasteiger partial charge on any atom is 0.120 e. The Kier molecular flexibility index (Phi) is 4.69. The second kappa shape index (κ2) is 5.90. The number of carbonyl (C=O) groups excluding carboxylic acids is 1. The highest BCUT2D eigenvalue weighted by atomic mass is 79.9. The number of allylic oxidation sites excluding steroid dienone is 1. The standard InChI is InChI=1S/C16H25BrO/c1-12(5-4-10-18)14-7-8-15-13(11-17)6-3-9-16(14,15)2/h10-12,14-15H,3-9H2,1-2H3/b13-11+/t12-,14?,15?,16?/m1/s1. The Morgan fingerprint density at radius 2 is 2.28 bits per heavy atom. The van der Waals surface area contributed by atoms with Crippen LogP contribution in [0.4, 0.5) is 0 Å². The summed E-state index contributed by atoms with van der Waals surface area (Å²) < 4.78 is 0. The van der Waals surface area contributed by atoms with E-state index in [2.05, 4.69) is 34.8 Å². The van der Waals surface area contributed by atoms with Crippen molar-refractivity contribution in [1.82, 2.24) is 0 Å². The second-order valence-electron chi connectivity index (χ2n) is 6.50. The summed E-state index contributed by atoms with van der Waals surface area (Å²) in [5.41, 5.74) is 2.12. The maximum absolute atomic E-state index is 10.6. The van der Waals surface area contributed by atoms with E-state index in [1.165, 1.54) is 32.1 Å². The van der Waals surface area contributed by atoms with Gasteiger partial charge in [0, 0.05) is 6.42 Å². The Balaban J connectivity index is 2.13. The van der Waals surface area contributed by atoms with Crippen LogP contribution < -0.4 is 0 Å². The molecule has 0 amide bonds. The molecule has 2 rings (SSSR count). The first kappa shape index (κ1) is 14.3. The third-order valence-corrected chi connectivity index (χ3v) is 6.19. The van der Waals surface area contributed by atoms with Crippen molar-refractivity contribution >= 4 is 22.2 Å². The van der Waals surface area contributed by atoms with Crippen molar-refractivity contribution in [1.29, 1.82) is 0 Å². The van der Waals surface area contributed by atoms with Gasteiger partial charge in [-0.15, -0.1) is 0 Å². The van der Waals surface area contributed by atoms with Gasteiger partial charge in [0.2, 0.25) is 0 Å². The fourth-order valence-corrected chi connectivity index (χ4v) is 5.23. The molecule has 0 aliphatic heterocycles. The number of carbonyl (C=O) groups is 1. The average molecular weight is 313 g/mol. The predicted molar refractivity (Wildman–Crippen MR) is 79.6 cm³/mol. The van der Waals surface area contributed by atoms with Crippen LogP contribution in [0.15, 0.2) is 10.6 Å². The highest BCUT2D eigenvalue weighted by Gasteiger charge is 2.50. The van der Waals surface area contributed by atoms with Crippen LogP contribution in [0.5, 0.6) is 0 Å². The Morgan fingerprint density at radius 1 is 1.50 bits per heavy atom. The van der Waals surface area contributed by atoms with Gasteiger partial charge in [0.1, 0.15) is 6.29 Å². The Labute approximate surface area is 120 Å². The van der Waals surface area contributed by atoms with Gasteiger partial charge >= 0.3 is 0 Å². The maximum atomic E-state index is 10.6. The molecule has 2 aliphatic rings. The van der Waals surface area contributed by atoms with Crippen LogP contribution in [-0.4, -0.2) is 6.29 Å². The molecule has 1 nitrogen and oxygen atoms in total. The normalized spacial score (nSPS) is 39.6. The number of hydrogen-bond acceptors (Lipinski definition) is 1. The van der Waals surface area contributed by atoms with Crippen molar-refractivity contribution in [3.05, 3.63) is 10.6 Å². The van der Waals surface area contributed by atoms with Gasteiger partial charge in [-0.3, -0.25) is 0 Å². The molecule has 0 spiro atoms. The van der Waals surface area contributed by atoms with Crippen molar-refractivity contribution in [3.8, 4) is 0 Å². The third-order valence-electron chi connectivity index (χ3n) is 5.60. The first-order valence-electron chi connectivity index (χ1n) is 7.36. The second-order valence-corrected chi connectivity index (χ2v) is 6.96. The molecule has 102 valence electrons. The van der Waals surface area contributed by atoms with E-state index in [-0.39, 0.29) is 0 Å². The molecule has 2 fully saturated rings. The van der Waals surface area contributed by atoms with Crippen LogP contribution in [-0.2, 0) is 4.79 Å². The van der Waals surface area contributed by atoms with Gasteiger partial charge in [0.25, 0.3) is 0 Å². The lowest BCUT2D eigenvalue weighted by Gasteiger charge is -2.44. The monoisotopic (exact) mass is 312 g/mol. The summed E-state index contributed by atoms with van der Waals surface area (Å²) in [5, 5.41) is 0. The van der Waals surface area contributed by atoms with Crippen molar-refractivity contribution in [2.75, 3.05) is 0 Å². The molecule has 0 bridgehead atoms. The minimum absolute atomic E-state index is 0.486. The zero-order chi connectivity index (χ0) is 13.2. The number of aldehydes is 1. The average Bonchev–Trinajstić information content (AvgIpc) is 2.72. The molecule has 2 saturated carbocycles. The quantitative estimate of drug-likeness (QED) is 0.660. The molecule has 0 aromatic carbocycles. The van der Waals surface area contributed by atoms with Crippen molar-refractivity contribution in [2.24, 2.45) is 23.2 Å². The van der Waals surface area contributed by atoms with Crippen molar-refractivity contribution in [2.45, 2.75) is 58.8 Å². The molecule has 2 aliphatic carbocycles. The van der Waals surface area contributed by atoms with Gasteiger partial charge < -0.3 is 4.79 Å². The van der Waals surface area contributed by atoms with E-state index >= 15 is 0 Å². The fourth-order valence-electron chi connectivity index (χ4n) is 4.68. The van der Waals surface area contributed by atoms with E-state index in [0.717, 1.165) is 31.0 Å². The lowest BCUT2D eigenvalue weighted by atomic mass is 9.61.